The van der Waals surface area contributed by atoms with Crippen LogP contribution in [0.25, 0.3) is 0 Å². The summed E-state index contributed by atoms with van der Waals surface area (Å²) in [6, 6.07) is 11.9. The normalized spacial score (nSPS) is 10.3. The van der Waals surface area contributed by atoms with Gasteiger partial charge in [-0.05, 0) is 24.3 Å². The van der Waals surface area contributed by atoms with Crippen LogP contribution in [0.2, 0.25) is 0 Å². The number of rotatable bonds is 4. The van der Waals surface area contributed by atoms with E-state index in [0.717, 1.165) is 0 Å². The van der Waals surface area contributed by atoms with Crippen LogP contribution in [0.3, 0.4) is 0 Å². The molecule has 3 rings (SSSR count). The fraction of sp³-hybridized carbons (Fsp3) is 0. The topological polar surface area (TPSA) is 74.8 Å². The molecule has 2 aromatic carbocycles. The maximum Gasteiger partial charge on any atom is 0.256 e. The van der Waals surface area contributed by atoms with Crippen LogP contribution in [-0.2, 0) is 0 Å². The lowest BCUT2D eigenvalue weighted by Crippen LogP contribution is -2.17. The van der Waals surface area contributed by atoms with E-state index in [-0.39, 0.29) is 22.7 Å². The quantitative estimate of drug-likeness (QED) is 0.727. The van der Waals surface area contributed by atoms with Crippen LogP contribution in [-0.4, -0.2) is 21.7 Å². The fourth-order valence-electron chi connectivity index (χ4n) is 2.16. The molecule has 0 spiro atoms. The zero-order valence-electron chi connectivity index (χ0n) is 11.9. The van der Waals surface area contributed by atoms with Gasteiger partial charge in [-0.3, -0.25) is 9.59 Å². The van der Waals surface area contributed by atoms with Crippen LogP contribution in [0, 0.1) is 5.82 Å². The molecule has 0 radical (unpaired) electrons. The van der Waals surface area contributed by atoms with Crippen molar-refractivity contribution < 1.29 is 14.0 Å². The predicted molar refractivity (Wildman–Crippen MR) is 82.8 cm³/mol. The Balaban J connectivity index is 1.91. The number of carbonyl (C=O) groups excluding carboxylic acids is 2. The molecule has 114 valence electrons. The smallest absolute Gasteiger partial charge is 0.256 e. The maximum absolute atomic E-state index is 13.2. The van der Waals surface area contributed by atoms with Crippen LogP contribution in [0.15, 0.2) is 60.9 Å². The average molecular weight is 309 g/mol. The highest BCUT2D eigenvalue weighted by molar-refractivity contribution is 6.16. The van der Waals surface area contributed by atoms with E-state index in [0.29, 0.717) is 5.69 Å². The van der Waals surface area contributed by atoms with E-state index in [2.05, 4.69) is 15.3 Å². The van der Waals surface area contributed by atoms with Crippen molar-refractivity contribution >= 4 is 17.4 Å². The second kappa shape index (κ2) is 6.23. The summed E-state index contributed by atoms with van der Waals surface area (Å²) in [5, 5.41) is 2.58. The number of anilines is 1. The van der Waals surface area contributed by atoms with E-state index < -0.39 is 11.7 Å². The van der Waals surface area contributed by atoms with Gasteiger partial charge in [-0.2, -0.15) is 0 Å². The first-order valence-corrected chi connectivity index (χ1v) is 6.85. The van der Waals surface area contributed by atoms with Gasteiger partial charge in [0.1, 0.15) is 5.82 Å². The van der Waals surface area contributed by atoms with Crippen LogP contribution in [0.5, 0.6) is 0 Å². The minimum Gasteiger partial charge on any atom is -0.342 e. The molecule has 0 atom stereocenters. The molecular formula is C17H12FN3O2. The first kappa shape index (κ1) is 14.6. The summed E-state index contributed by atoms with van der Waals surface area (Å²) < 4.78 is 13.2. The zero-order chi connectivity index (χ0) is 16.2. The zero-order valence-corrected chi connectivity index (χ0v) is 11.9. The van der Waals surface area contributed by atoms with E-state index in [4.69, 9.17) is 0 Å². The molecule has 3 aromatic rings. The molecule has 6 heteroatoms. The van der Waals surface area contributed by atoms with E-state index in [9.17, 15) is 14.0 Å². The van der Waals surface area contributed by atoms with E-state index in [1.807, 2.05) is 0 Å². The van der Waals surface area contributed by atoms with Gasteiger partial charge in [-0.15, -0.1) is 0 Å². The van der Waals surface area contributed by atoms with Gasteiger partial charge in [0, 0.05) is 23.6 Å². The summed E-state index contributed by atoms with van der Waals surface area (Å²) in [6.07, 6.45) is 2.99. The highest BCUT2D eigenvalue weighted by atomic mass is 19.1. The number of amides is 1. The van der Waals surface area contributed by atoms with Gasteiger partial charge in [0.05, 0.1) is 5.56 Å². The van der Waals surface area contributed by atoms with Crippen molar-refractivity contribution in [2.24, 2.45) is 0 Å². The van der Waals surface area contributed by atoms with Crippen LogP contribution < -0.4 is 5.32 Å². The van der Waals surface area contributed by atoms with Crippen LogP contribution in [0.1, 0.15) is 26.5 Å². The molecule has 0 saturated heterocycles. The first-order chi connectivity index (χ1) is 11.1. The second-order valence-electron chi connectivity index (χ2n) is 4.78. The third-order valence-corrected chi connectivity index (χ3v) is 3.21. The number of ketones is 1. The highest BCUT2D eigenvalue weighted by Gasteiger charge is 2.19. The van der Waals surface area contributed by atoms with Crippen molar-refractivity contribution in [1.29, 1.82) is 0 Å². The second-order valence-corrected chi connectivity index (χ2v) is 4.78. The maximum atomic E-state index is 13.2. The Labute approximate surface area is 131 Å². The van der Waals surface area contributed by atoms with Crippen molar-refractivity contribution in [1.82, 2.24) is 9.97 Å². The van der Waals surface area contributed by atoms with Gasteiger partial charge in [0.2, 0.25) is 5.78 Å². The van der Waals surface area contributed by atoms with Gasteiger partial charge < -0.3 is 10.3 Å². The third-order valence-electron chi connectivity index (χ3n) is 3.21. The van der Waals surface area contributed by atoms with E-state index in [1.54, 1.807) is 24.3 Å². The molecule has 5 nitrogen and oxygen atoms in total. The number of imidazole rings is 1. The van der Waals surface area contributed by atoms with Gasteiger partial charge in [-0.1, -0.05) is 24.3 Å². The monoisotopic (exact) mass is 309 g/mol. The minimum atomic E-state index is -0.494. The number of carbonyl (C=O) groups is 2. The summed E-state index contributed by atoms with van der Waals surface area (Å²) >= 11 is 0. The standard InChI is InChI=1S/C17H12FN3O2/c18-11-4-3-5-12(10-11)21-17(23)14-7-2-1-6-13(14)15(22)16-19-8-9-20-16/h1-10H,(H,19,20)(H,21,23). The van der Waals surface area contributed by atoms with Gasteiger partial charge >= 0.3 is 0 Å². The van der Waals surface area contributed by atoms with Gasteiger partial charge in [0.15, 0.2) is 5.82 Å². The van der Waals surface area contributed by atoms with Crippen molar-refractivity contribution in [2.75, 3.05) is 5.32 Å². The molecule has 0 aliphatic rings. The molecular weight excluding hydrogens is 297 g/mol. The molecule has 23 heavy (non-hydrogen) atoms. The molecule has 1 aromatic heterocycles. The van der Waals surface area contributed by atoms with Crippen LogP contribution >= 0.6 is 0 Å². The fourth-order valence-corrected chi connectivity index (χ4v) is 2.16. The number of hydrogen-bond donors (Lipinski definition) is 2. The minimum absolute atomic E-state index is 0.149. The molecule has 0 fully saturated rings. The van der Waals surface area contributed by atoms with Gasteiger partial charge in [-0.25, -0.2) is 9.37 Å². The summed E-state index contributed by atoms with van der Waals surface area (Å²) in [7, 11) is 0. The lowest BCUT2D eigenvalue weighted by molar-refractivity contribution is 0.0992. The van der Waals surface area contributed by atoms with Crippen LogP contribution in [0.4, 0.5) is 10.1 Å². The lowest BCUT2D eigenvalue weighted by atomic mass is 10.0. The number of aromatic amines is 1. The number of aromatic nitrogens is 2. The van der Waals surface area contributed by atoms with E-state index >= 15 is 0 Å². The average Bonchev–Trinajstić information content (AvgIpc) is 3.08. The summed E-state index contributed by atoms with van der Waals surface area (Å²) in [5.74, 6) is -1.19. The molecule has 1 heterocycles. The predicted octanol–water partition coefficient (Wildman–Crippen LogP) is 3.03. The molecule has 2 N–H and O–H groups in total. The first-order valence-electron chi connectivity index (χ1n) is 6.85. The molecule has 1 amide bonds. The van der Waals surface area contributed by atoms with Gasteiger partial charge in [0.25, 0.3) is 5.91 Å². The molecule has 0 bridgehead atoms. The Bertz CT molecular complexity index is 860. The number of nitrogens with zero attached hydrogens (tertiary/aromatic N) is 1. The lowest BCUT2D eigenvalue weighted by Gasteiger charge is -2.09. The Morgan fingerprint density at radius 1 is 1.04 bits per heavy atom. The number of benzene rings is 2. The number of H-pyrrole nitrogens is 1. The molecule has 0 saturated carbocycles. The van der Waals surface area contributed by atoms with Crippen molar-refractivity contribution in [3.63, 3.8) is 0 Å². The summed E-state index contributed by atoms with van der Waals surface area (Å²) in [4.78, 5) is 31.4. The SMILES string of the molecule is O=C(Nc1cccc(F)c1)c1ccccc1C(=O)c1ncc[nH]1. The number of nitrogens with one attached hydrogen (secondary N) is 2. The molecule has 0 aliphatic carbocycles. The third kappa shape index (κ3) is 3.16. The Morgan fingerprint density at radius 2 is 1.83 bits per heavy atom. The van der Waals surface area contributed by atoms with Crippen molar-refractivity contribution in [3.05, 3.63) is 83.7 Å². The highest BCUT2D eigenvalue weighted by Crippen LogP contribution is 2.16. The summed E-state index contributed by atoms with van der Waals surface area (Å²) in [6.45, 7) is 0. The van der Waals surface area contributed by atoms with E-state index in [1.165, 1.54) is 36.7 Å². The Kier molecular flexibility index (Phi) is 3.97. The number of hydrogen-bond acceptors (Lipinski definition) is 3. The molecule has 0 aliphatic heterocycles. The Hall–Kier alpha value is -3.28. The number of halogens is 1. The Morgan fingerprint density at radius 3 is 2.52 bits per heavy atom. The largest absolute Gasteiger partial charge is 0.342 e. The molecule has 0 unspecified atom stereocenters. The van der Waals surface area contributed by atoms with Crippen molar-refractivity contribution in [3.8, 4) is 0 Å². The van der Waals surface area contributed by atoms with Crippen molar-refractivity contribution in [2.45, 2.75) is 0 Å². The summed E-state index contributed by atoms with van der Waals surface area (Å²) in [5.41, 5.74) is 0.727.